The number of fused-ring (bicyclic) bond motifs is 1. The first-order valence-corrected chi connectivity index (χ1v) is 7.64. The molecule has 1 aromatic rings. The van der Waals surface area contributed by atoms with Gasteiger partial charge in [-0.05, 0) is 63.6 Å². The van der Waals surface area contributed by atoms with Gasteiger partial charge < -0.3 is 10.5 Å². The highest BCUT2D eigenvalue weighted by Crippen LogP contribution is 2.48. The molecule has 1 aliphatic heterocycles. The van der Waals surface area contributed by atoms with Gasteiger partial charge in [-0.25, -0.2) is 0 Å². The molecule has 2 heteroatoms. The molecule has 1 heterocycles. The molecule has 1 aliphatic carbocycles. The van der Waals surface area contributed by atoms with Crippen molar-refractivity contribution in [3.63, 3.8) is 0 Å². The summed E-state index contributed by atoms with van der Waals surface area (Å²) >= 11 is 0. The molecule has 104 valence electrons. The highest BCUT2D eigenvalue weighted by Gasteiger charge is 2.41. The van der Waals surface area contributed by atoms with Crippen LogP contribution < -0.4 is 10.5 Å². The number of ether oxygens (including phenoxy) is 1. The molecular weight excluding hydrogens is 234 g/mol. The summed E-state index contributed by atoms with van der Waals surface area (Å²) in [7, 11) is 0. The molecule has 1 saturated carbocycles. The Labute approximate surface area is 116 Å². The molecule has 0 amide bonds. The fourth-order valence-electron chi connectivity index (χ4n) is 3.96. The zero-order valence-electron chi connectivity index (χ0n) is 12.2. The Kier molecular flexibility index (Phi) is 3.30. The fourth-order valence-corrected chi connectivity index (χ4v) is 3.96. The van der Waals surface area contributed by atoms with Crippen LogP contribution in [0, 0.1) is 13.8 Å². The van der Waals surface area contributed by atoms with Gasteiger partial charge in [0.2, 0.25) is 0 Å². The highest BCUT2D eigenvalue weighted by molar-refractivity contribution is 5.48. The Morgan fingerprint density at radius 3 is 2.63 bits per heavy atom. The van der Waals surface area contributed by atoms with Crippen LogP contribution in [0.3, 0.4) is 0 Å². The average molecular weight is 259 g/mol. The summed E-state index contributed by atoms with van der Waals surface area (Å²) in [5, 5.41) is 0. The lowest BCUT2D eigenvalue weighted by Crippen LogP contribution is -2.44. The summed E-state index contributed by atoms with van der Waals surface area (Å²) in [5.41, 5.74) is 10.1. The maximum Gasteiger partial charge on any atom is 0.126 e. The molecule has 0 radical (unpaired) electrons. The van der Waals surface area contributed by atoms with E-state index < -0.39 is 0 Å². The molecule has 19 heavy (non-hydrogen) atoms. The van der Waals surface area contributed by atoms with Gasteiger partial charge in [0, 0.05) is 5.92 Å². The van der Waals surface area contributed by atoms with Crippen LogP contribution >= 0.6 is 0 Å². The van der Waals surface area contributed by atoms with E-state index in [1.807, 2.05) is 0 Å². The van der Waals surface area contributed by atoms with Crippen molar-refractivity contribution in [2.45, 2.75) is 63.9 Å². The molecule has 2 nitrogen and oxygen atoms in total. The van der Waals surface area contributed by atoms with E-state index in [1.54, 1.807) is 0 Å². The number of hydrogen-bond donors (Lipinski definition) is 1. The minimum absolute atomic E-state index is 0.0787. The standard InChI is InChI=1S/C17H25NO/c1-12-8-13(2)16-15(9-12)14(11-18)10-17(19-16)6-4-3-5-7-17/h8-9,14H,3-7,10-11,18H2,1-2H3. The van der Waals surface area contributed by atoms with Gasteiger partial charge in [-0.3, -0.25) is 0 Å². The second-order valence-corrected chi connectivity index (χ2v) is 6.48. The third-order valence-corrected chi connectivity index (χ3v) is 4.87. The molecule has 2 N–H and O–H groups in total. The lowest BCUT2D eigenvalue weighted by atomic mass is 9.74. The molecule has 1 spiro atoms. The minimum Gasteiger partial charge on any atom is -0.487 e. The van der Waals surface area contributed by atoms with Crippen molar-refractivity contribution >= 4 is 0 Å². The van der Waals surface area contributed by atoms with Crippen molar-refractivity contribution in [3.8, 4) is 5.75 Å². The monoisotopic (exact) mass is 259 g/mol. The smallest absolute Gasteiger partial charge is 0.126 e. The first-order chi connectivity index (χ1) is 9.13. The lowest BCUT2D eigenvalue weighted by molar-refractivity contribution is 0.00151. The molecule has 1 fully saturated rings. The van der Waals surface area contributed by atoms with Crippen LogP contribution in [0.5, 0.6) is 5.75 Å². The molecule has 1 atom stereocenters. The highest BCUT2D eigenvalue weighted by atomic mass is 16.5. The SMILES string of the molecule is Cc1cc(C)c2c(c1)C(CN)CC1(CCCCC1)O2. The van der Waals surface area contributed by atoms with Gasteiger partial charge in [0.1, 0.15) is 11.4 Å². The predicted molar refractivity (Wildman–Crippen MR) is 78.8 cm³/mol. The van der Waals surface area contributed by atoms with Crippen LogP contribution in [0.15, 0.2) is 12.1 Å². The van der Waals surface area contributed by atoms with E-state index in [2.05, 4.69) is 26.0 Å². The number of hydrogen-bond acceptors (Lipinski definition) is 2. The van der Waals surface area contributed by atoms with Crippen molar-refractivity contribution in [3.05, 3.63) is 28.8 Å². The van der Waals surface area contributed by atoms with Crippen LogP contribution in [0.1, 0.15) is 61.1 Å². The lowest BCUT2D eigenvalue weighted by Gasteiger charge is -2.45. The topological polar surface area (TPSA) is 35.2 Å². The van der Waals surface area contributed by atoms with Crippen LogP contribution in [0.2, 0.25) is 0 Å². The summed E-state index contributed by atoms with van der Waals surface area (Å²) in [6.07, 6.45) is 7.49. The van der Waals surface area contributed by atoms with Gasteiger partial charge in [-0.15, -0.1) is 0 Å². The van der Waals surface area contributed by atoms with Crippen molar-refractivity contribution in [1.82, 2.24) is 0 Å². The van der Waals surface area contributed by atoms with Crippen LogP contribution in [-0.4, -0.2) is 12.1 Å². The molecule has 0 aromatic heterocycles. The van der Waals surface area contributed by atoms with Gasteiger partial charge >= 0.3 is 0 Å². The van der Waals surface area contributed by atoms with Crippen molar-refractivity contribution in [2.75, 3.05) is 6.54 Å². The first-order valence-electron chi connectivity index (χ1n) is 7.64. The van der Waals surface area contributed by atoms with Gasteiger partial charge in [0.05, 0.1) is 0 Å². The number of aryl methyl sites for hydroxylation is 2. The number of rotatable bonds is 1. The van der Waals surface area contributed by atoms with Crippen molar-refractivity contribution in [2.24, 2.45) is 5.73 Å². The quantitative estimate of drug-likeness (QED) is 0.832. The molecule has 0 bridgehead atoms. The van der Waals surface area contributed by atoms with E-state index in [4.69, 9.17) is 10.5 Å². The Bertz CT molecular complexity index is 474. The Morgan fingerprint density at radius 2 is 1.95 bits per heavy atom. The first kappa shape index (κ1) is 13.0. The average Bonchev–Trinajstić information content (AvgIpc) is 2.40. The van der Waals surface area contributed by atoms with Crippen LogP contribution in [-0.2, 0) is 0 Å². The van der Waals surface area contributed by atoms with E-state index in [0.717, 1.165) is 18.7 Å². The fraction of sp³-hybridized carbons (Fsp3) is 0.647. The van der Waals surface area contributed by atoms with E-state index in [0.29, 0.717) is 5.92 Å². The molecule has 0 saturated heterocycles. The van der Waals surface area contributed by atoms with E-state index in [-0.39, 0.29) is 5.60 Å². The largest absolute Gasteiger partial charge is 0.487 e. The molecular formula is C17H25NO. The maximum absolute atomic E-state index is 6.52. The van der Waals surface area contributed by atoms with Crippen molar-refractivity contribution in [1.29, 1.82) is 0 Å². The van der Waals surface area contributed by atoms with Crippen molar-refractivity contribution < 1.29 is 4.74 Å². The third-order valence-electron chi connectivity index (χ3n) is 4.87. The van der Waals surface area contributed by atoms with Gasteiger partial charge in [-0.1, -0.05) is 24.1 Å². The summed E-state index contributed by atoms with van der Waals surface area (Å²) < 4.78 is 6.52. The normalized spacial score (nSPS) is 24.9. The van der Waals surface area contributed by atoms with Crippen LogP contribution in [0.4, 0.5) is 0 Å². The summed E-state index contributed by atoms with van der Waals surface area (Å²) in [5.74, 6) is 1.61. The van der Waals surface area contributed by atoms with Gasteiger partial charge in [0.15, 0.2) is 0 Å². The van der Waals surface area contributed by atoms with E-state index >= 15 is 0 Å². The zero-order valence-corrected chi connectivity index (χ0v) is 12.2. The van der Waals surface area contributed by atoms with E-state index in [1.165, 1.54) is 48.8 Å². The number of benzene rings is 1. The minimum atomic E-state index is 0.0787. The molecule has 2 aliphatic rings. The van der Waals surface area contributed by atoms with Crippen LogP contribution in [0.25, 0.3) is 0 Å². The summed E-state index contributed by atoms with van der Waals surface area (Å²) in [4.78, 5) is 0. The second kappa shape index (κ2) is 4.82. The Morgan fingerprint density at radius 1 is 1.21 bits per heavy atom. The Hall–Kier alpha value is -1.02. The van der Waals surface area contributed by atoms with E-state index in [9.17, 15) is 0 Å². The Balaban J connectivity index is 2.02. The molecule has 1 unspecified atom stereocenters. The summed E-state index contributed by atoms with van der Waals surface area (Å²) in [6, 6.07) is 4.50. The maximum atomic E-state index is 6.52. The second-order valence-electron chi connectivity index (χ2n) is 6.48. The van der Waals surface area contributed by atoms with Gasteiger partial charge in [0.25, 0.3) is 0 Å². The third kappa shape index (κ3) is 2.27. The molecule has 3 rings (SSSR count). The summed E-state index contributed by atoms with van der Waals surface area (Å²) in [6.45, 7) is 5.06. The predicted octanol–water partition coefficient (Wildman–Crippen LogP) is 3.83. The number of nitrogens with two attached hydrogens (primary N) is 1. The van der Waals surface area contributed by atoms with Gasteiger partial charge in [-0.2, -0.15) is 0 Å². The molecule has 1 aromatic carbocycles. The zero-order chi connectivity index (χ0) is 13.5.